The first-order valence-electron chi connectivity index (χ1n) is 4.67. The summed E-state index contributed by atoms with van der Waals surface area (Å²) in [5, 5.41) is 10.9. The zero-order valence-electron chi connectivity index (χ0n) is 8.50. The van der Waals surface area contributed by atoms with E-state index in [1.165, 1.54) is 0 Å². The van der Waals surface area contributed by atoms with Crippen molar-refractivity contribution < 1.29 is 5.11 Å². The van der Waals surface area contributed by atoms with Crippen molar-refractivity contribution in [2.45, 2.75) is 19.4 Å². The van der Waals surface area contributed by atoms with Crippen LogP contribution < -0.4 is 5.73 Å². The maximum atomic E-state index is 10.3. The van der Waals surface area contributed by atoms with E-state index in [1.54, 1.807) is 13.0 Å². The third-order valence-electron chi connectivity index (χ3n) is 2.73. The van der Waals surface area contributed by atoms with E-state index in [1.807, 2.05) is 25.1 Å². The standard InChI is InChI=1S/C11H16ClNO/c1-8(7-13)11(2,14)9-5-3-4-6-10(9)12/h3-6,8,14H,7,13H2,1-2H3. The molecule has 0 spiro atoms. The predicted octanol–water partition coefficient (Wildman–Crippen LogP) is 2.14. The van der Waals surface area contributed by atoms with Gasteiger partial charge >= 0.3 is 0 Å². The molecule has 0 aliphatic rings. The van der Waals surface area contributed by atoms with E-state index in [0.717, 1.165) is 5.56 Å². The van der Waals surface area contributed by atoms with Crippen LogP contribution in [0.5, 0.6) is 0 Å². The van der Waals surface area contributed by atoms with E-state index in [4.69, 9.17) is 17.3 Å². The summed E-state index contributed by atoms with van der Waals surface area (Å²) in [5.41, 5.74) is 5.31. The quantitative estimate of drug-likeness (QED) is 0.808. The second kappa shape index (κ2) is 4.30. The SMILES string of the molecule is CC(CN)C(C)(O)c1ccccc1Cl. The second-order valence-electron chi connectivity index (χ2n) is 3.76. The molecule has 0 amide bonds. The molecule has 2 unspecified atom stereocenters. The van der Waals surface area contributed by atoms with E-state index in [-0.39, 0.29) is 5.92 Å². The lowest BCUT2D eigenvalue weighted by Gasteiger charge is -2.30. The number of benzene rings is 1. The van der Waals surface area contributed by atoms with Crippen LogP contribution in [0.2, 0.25) is 5.02 Å². The topological polar surface area (TPSA) is 46.2 Å². The Hall–Kier alpha value is -0.570. The highest BCUT2D eigenvalue weighted by molar-refractivity contribution is 6.31. The van der Waals surface area contributed by atoms with Crippen molar-refractivity contribution in [1.29, 1.82) is 0 Å². The predicted molar refractivity (Wildman–Crippen MR) is 59.2 cm³/mol. The fourth-order valence-electron chi connectivity index (χ4n) is 1.37. The summed E-state index contributed by atoms with van der Waals surface area (Å²) in [6, 6.07) is 7.30. The van der Waals surface area contributed by atoms with Crippen molar-refractivity contribution in [2.75, 3.05) is 6.54 Å². The minimum absolute atomic E-state index is 0.0256. The minimum Gasteiger partial charge on any atom is -0.385 e. The molecule has 0 aromatic heterocycles. The van der Waals surface area contributed by atoms with Gasteiger partial charge in [0.05, 0.1) is 5.60 Å². The van der Waals surface area contributed by atoms with Gasteiger partial charge in [-0.1, -0.05) is 36.7 Å². The second-order valence-corrected chi connectivity index (χ2v) is 4.17. The Morgan fingerprint density at radius 3 is 2.57 bits per heavy atom. The van der Waals surface area contributed by atoms with Gasteiger partial charge in [-0.05, 0) is 19.5 Å². The summed E-state index contributed by atoms with van der Waals surface area (Å²) in [7, 11) is 0. The molecular formula is C11H16ClNO. The van der Waals surface area contributed by atoms with Crippen LogP contribution in [0.4, 0.5) is 0 Å². The molecule has 0 heterocycles. The van der Waals surface area contributed by atoms with Crippen molar-refractivity contribution in [3.8, 4) is 0 Å². The highest BCUT2D eigenvalue weighted by atomic mass is 35.5. The van der Waals surface area contributed by atoms with E-state index >= 15 is 0 Å². The van der Waals surface area contributed by atoms with Crippen LogP contribution in [-0.4, -0.2) is 11.7 Å². The van der Waals surface area contributed by atoms with Crippen LogP contribution in [0.3, 0.4) is 0 Å². The molecule has 0 saturated carbocycles. The van der Waals surface area contributed by atoms with Gasteiger partial charge in [-0.15, -0.1) is 0 Å². The summed E-state index contributed by atoms with van der Waals surface area (Å²) in [5.74, 6) is -0.0256. The van der Waals surface area contributed by atoms with Crippen LogP contribution in [0.25, 0.3) is 0 Å². The molecule has 2 nitrogen and oxygen atoms in total. The van der Waals surface area contributed by atoms with Gasteiger partial charge < -0.3 is 10.8 Å². The highest BCUT2D eigenvalue weighted by Gasteiger charge is 2.30. The summed E-state index contributed by atoms with van der Waals surface area (Å²) in [6.07, 6.45) is 0. The molecule has 3 N–H and O–H groups in total. The number of hydrogen-bond donors (Lipinski definition) is 2. The molecule has 0 aliphatic carbocycles. The Morgan fingerprint density at radius 2 is 2.07 bits per heavy atom. The zero-order chi connectivity index (χ0) is 10.8. The molecule has 2 atom stereocenters. The Labute approximate surface area is 89.7 Å². The fraction of sp³-hybridized carbons (Fsp3) is 0.455. The highest BCUT2D eigenvalue weighted by Crippen LogP contribution is 2.33. The summed E-state index contributed by atoms with van der Waals surface area (Å²) < 4.78 is 0. The number of nitrogens with two attached hydrogens (primary N) is 1. The first kappa shape index (κ1) is 11.5. The number of hydrogen-bond acceptors (Lipinski definition) is 2. The van der Waals surface area contributed by atoms with Crippen molar-refractivity contribution in [3.05, 3.63) is 34.9 Å². The summed E-state index contributed by atoms with van der Waals surface area (Å²) in [6.45, 7) is 4.08. The molecule has 0 fully saturated rings. The monoisotopic (exact) mass is 213 g/mol. The smallest absolute Gasteiger partial charge is 0.0920 e. The van der Waals surface area contributed by atoms with Crippen LogP contribution in [0.1, 0.15) is 19.4 Å². The average Bonchev–Trinajstić information content (AvgIpc) is 2.17. The van der Waals surface area contributed by atoms with Gasteiger partial charge in [0, 0.05) is 16.5 Å². The maximum Gasteiger partial charge on any atom is 0.0920 e. The van der Waals surface area contributed by atoms with Crippen molar-refractivity contribution in [3.63, 3.8) is 0 Å². The molecule has 3 heteroatoms. The lowest BCUT2D eigenvalue weighted by molar-refractivity contribution is 0.00530. The molecule has 14 heavy (non-hydrogen) atoms. The van der Waals surface area contributed by atoms with E-state index in [9.17, 15) is 5.11 Å². The van der Waals surface area contributed by atoms with Gasteiger partial charge in [0.15, 0.2) is 0 Å². The first-order valence-corrected chi connectivity index (χ1v) is 5.05. The third kappa shape index (κ3) is 2.08. The molecule has 1 aromatic carbocycles. The minimum atomic E-state index is -0.965. The summed E-state index contributed by atoms with van der Waals surface area (Å²) >= 11 is 6.01. The van der Waals surface area contributed by atoms with E-state index in [0.29, 0.717) is 11.6 Å². The van der Waals surface area contributed by atoms with Gasteiger partial charge in [-0.25, -0.2) is 0 Å². The Morgan fingerprint density at radius 1 is 1.50 bits per heavy atom. The summed E-state index contributed by atoms with van der Waals surface area (Å²) in [4.78, 5) is 0. The average molecular weight is 214 g/mol. The third-order valence-corrected chi connectivity index (χ3v) is 3.06. The molecule has 1 aromatic rings. The largest absolute Gasteiger partial charge is 0.385 e. The van der Waals surface area contributed by atoms with Gasteiger partial charge in [-0.3, -0.25) is 0 Å². The number of rotatable bonds is 3. The molecule has 0 radical (unpaired) electrons. The molecule has 1 rings (SSSR count). The molecule has 78 valence electrons. The number of halogens is 1. The molecule has 0 saturated heterocycles. The van der Waals surface area contributed by atoms with Crippen LogP contribution in [0.15, 0.2) is 24.3 Å². The van der Waals surface area contributed by atoms with Crippen LogP contribution >= 0.6 is 11.6 Å². The van der Waals surface area contributed by atoms with E-state index in [2.05, 4.69) is 0 Å². The first-order chi connectivity index (χ1) is 6.50. The Balaban J connectivity index is 3.09. The van der Waals surface area contributed by atoms with Crippen molar-refractivity contribution in [1.82, 2.24) is 0 Å². The number of aliphatic hydroxyl groups is 1. The Bertz CT molecular complexity index is 312. The van der Waals surface area contributed by atoms with Gasteiger partial charge in [0.1, 0.15) is 0 Å². The zero-order valence-corrected chi connectivity index (χ0v) is 9.25. The lowest BCUT2D eigenvalue weighted by atomic mass is 9.84. The fourth-order valence-corrected chi connectivity index (χ4v) is 1.69. The molecule has 0 aliphatic heterocycles. The van der Waals surface area contributed by atoms with Crippen LogP contribution in [0, 0.1) is 5.92 Å². The van der Waals surface area contributed by atoms with Crippen molar-refractivity contribution >= 4 is 11.6 Å². The van der Waals surface area contributed by atoms with Crippen molar-refractivity contribution in [2.24, 2.45) is 11.7 Å². The Kier molecular flexibility index (Phi) is 3.53. The maximum absolute atomic E-state index is 10.3. The normalized spacial score (nSPS) is 17.5. The molecule has 0 bridgehead atoms. The van der Waals surface area contributed by atoms with Crippen LogP contribution in [-0.2, 0) is 5.60 Å². The molecular weight excluding hydrogens is 198 g/mol. The van der Waals surface area contributed by atoms with Gasteiger partial charge in [0.25, 0.3) is 0 Å². The lowest BCUT2D eigenvalue weighted by Crippen LogP contribution is -2.35. The van der Waals surface area contributed by atoms with Gasteiger partial charge in [-0.2, -0.15) is 0 Å². The van der Waals surface area contributed by atoms with E-state index < -0.39 is 5.60 Å². The van der Waals surface area contributed by atoms with Gasteiger partial charge in [0.2, 0.25) is 0 Å².